The number of hydrogen-bond donors (Lipinski definition) is 1. The maximum absolute atomic E-state index is 4.77. The topological polar surface area (TPSA) is 54.6 Å². The molecule has 0 unspecified atom stereocenters. The quantitative estimate of drug-likeness (QED) is 0.499. The molecule has 1 aromatic carbocycles. The Balaban J connectivity index is 0.00000126. The van der Waals surface area contributed by atoms with Crippen molar-refractivity contribution in [2.75, 3.05) is 18.9 Å². The van der Waals surface area contributed by atoms with Crippen molar-refractivity contribution in [3.63, 3.8) is 0 Å². The van der Waals surface area contributed by atoms with Crippen LogP contribution < -0.4 is 5.32 Å². The third-order valence-corrected chi connectivity index (χ3v) is 3.82. The Morgan fingerprint density at radius 1 is 1.26 bits per heavy atom. The highest BCUT2D eigenvalue weighted by Gasteiger charge is 2.10. The molecule has 2 heterocycles. The third-order valence-electron chi connectivity index (χ3n) is 3.82. The van der Waals surface area contributed by atoms with Crippen molar-refractivity contribution in [3.8, 4) is 11.3 Å². The van der Waals surface area contributed by atoms with Crippen molar-refractivity contribution in [1.82, 2.24) is 14.6 Å². The molecule has 140 valence electrons. The largest absolute Gasteiger partial charge is 0.366 e. The normalized spacial score (nSPS) is 11.3. The molecule has 0 fully saturated rings. The van der Waals surface area contributed by atoms with Crippen LogP contribution in [0.2, 0.25) is 0 Å². The number of nitrogens with zero attached hydrogens (tertiary/aromatic N) is 4. The van der Waals surface area contributed by atoms with Crippen LogP contribution in [0, 0.1) is 6.92 Å². The smallest absolute Gasteiger partial charge is 0.160 e. The van der Waals surface area contributed by atoms with Gasteiger partial charge in [-0.15, -0.1) is 0 Å². The molecule has 0 aliphatic carbocycles. The number of rotatable bonds is 6. The van der Waals surface area contributed by atoms with Crippen LogP contribution >= 0.6 is 0 Å². The van der Waals surface area contributed by atoms with Gasteiger partial charge >= 0.3 is 0 Å². The molecular weight excluding hydrogens is 334 g/mol. The van der Waals surface area contributed by atoms with E-state index in [1.165, 1.54) is 0 Å². The Morgan fingerprint density at radius 2 is 2.00 bits per heavy atom. The highest BCUT2D eigenvalue weighted by Crippen LogP contribution is 2.23. The van der Waals surface area contributed by atoms with Gasteiger partial charge < -0.3 is 5.32 Å². The number of allylic oxidation sites excluding steroid dienone is 2. The first-order valence-corrected chi connectivity index (χ1v) is 9.11. The van der Waals surface area contributed by atoms with Gasteiger partial charge in [0.15, 0.2) is 5.65 Å². The van der Waals surface area contributed by atoms with Gasteiger partial charge in [-0.3, -0.25) is 4.99 Å². The van der Waals surface area contributed by atoms with Crippen molar-refractivity contribution in [2.24, 2.45) is 4.99 Å². The standard InChI is InChI=1S/C20H21N5.C2H6/c1-4-8-16(13-21-3)14-22-19-11-18(17-9-6-5-7-10-17)24-20-15(2)12-23-25(19)20;1-2/h4-13,22H,1,14H2,2-3H3;1-2H3/b16-8+,21-13?;. The van der Waals surface area contributed by atoms with E-state index in [0.717, 1.165) is 33.9 Å². The first-order chi connectivity index (χ1) is 13.2. The highest BCUT2D eigenvalue weighted by atomic mass is 15.3. The fraction of sp³-hybridized carbons (Fsp3) is 0.227. The van der Waals surface area contributed by atoms with Crippen LogP contribution in [0.25, 0.3) is 16.9 Å². The number of benzene rings is 1. The molecule has 1 N–H and O–H groups in total. The summed E-state index contributed by atoms with van der Waals surface area (Å²) in [6.45, 7) is 10.4. The second-order valence-corrected chi connectivity index (χ2v) is 5.67. The fourth-order valence-corrected chi connectivity index (χ4v) is 2.61. The summed E-state index contributed by atoms with van der Waals surface area (Å²) in [5, 5.41) is 7.88. The third kappa shape index (κ3) is 4.91. The lowest BCUT2D eigenvalue weighted by Gasteiger charge is -2.11. The Hall–Kier alpha value is -3.21. The van der Waals surface area contributed by atoms with E-state index in [0.29, 0.717) is 6.54 Å². The molecule has 0 bridgehead atoms. The Bertz CT molecular complexity index is 936. The number of nitrogens with one attached hydrogen (secondary N) is 1. The van der Waals surface area contributed by atoms with Crippen LogP contribution in [0.3, 0.4) is 0 Å². The summed E-state index contributed by atoms with van der Waals surface area (Å²) < 4.78 is 1.83. The van der Waals surface area contributed by atoms with Gasteiger partial charge in [-0.1, -0.05) is 62.9 Å². The SMILES string of the molecule is C=C/C=C(\C=NC)CNc1cc(-c2ccccc2)nc2c(C)cnn12.CC. The van der Waals surface area contributed by atoms with Gasteiger partial charge in [0.25, 0.3) is 0 Å². The summed E-state index contributed by atoms with van der Waals surface area (Å²) in [6.07, 6.45) is 7.34. The van der Waals surface area contributed by atoms with E-state index in [1.807, 2.05) is 68.0 Å². The summed E-state index contributed by atoms with van der Waals surface area (Å²) in [7, 11) is 1.76. The molecule has 0 saturated heterocycles. The maximum Gasteiger partial charge on any atom is 0.160 e. The highest BCUT2D eigenvalue weighted by molar-refractivity contribution is 5.80. The summed E-state index contributed by atoms with van der Waals surface area (Å²) in [6, 6.07) is 12.2. The second-order valence-electron chi connectivity index (χ2n) is 5.67. The van der Waals surface area contributed by atoms with E-state index in [1.54, 1.807) is 13.1 Å². The predicted octanol–water partition coefficient (Wildman–Crippen LogP) is 4.96. The molecule has 0 spiro atoms. The molecule has 0 aliphatic rings. The molecule has 2 aromatic heterocycles. The average molecular weight is 361 g/mol. The molecular formula is C22H27N5. The van der Waals surface area contributed by atoms with Crippen LogP contribution in [0.4, 0.5) is 5.82 Å². The van der Waals surface area contributed by atoms with Crippen LogP contribution in [-0.2, 0) is 0 Å². The minimum Gasteiger partial charge on any atom is -0.366 e. The Morgan fingerprint density at radius 3 is 2.67 bits per heavy atom. The minimum absolute atomic E-state index is 0.621. The zero-order valence-corrected chi connectivity index (χ0v) is 16.5. The van der Waals surface area contributed by atoms with Crippen molar-refractivity contribution < 1.29 is 0 Å². The lowest BCUT2D eigenvalue weighted by molar-refractivity contribution is 0.937. The molecule has 0 aliphatic heterocycles. The van der Waals surface area contributed by atoms with Crippen LogP contribution in [0.15, 0.2) is 71.9 Å². The van der Waals surface area contributed by atoms with Gasteiger partial charge in [-0.2, -0.15) is 9.61 Å². The van der Waals surface area contributed by atoms with Gasteiger partial charge in [0, 0.05) is 37.0 Å². The summed E-state index contributed by atoms with van der Waals surface area (Å²) >= 11 is 0. The number of hydrogen-bond acceptors (Lipinski definition) is 4. The van der Waals surface area contributed by atoms with Gasteiger partial charge in [0.2, 0.25) is 0 Å². The van der Waals surface area contributed by atoms with Crippen molar-refractivity contribution >= 4 is 17.7 Å². The van der Waals surface area contributed by atoms with E-state index in [4.69, 9.17) is 4.98 Å². The van der Waals surface area contributed by atoms with E-state index in [2.05, 4.69) is 34.1 Å². The van der Waals surface area contributed by atoms with Crippen LogP contribution in [-0.4, -0.2) is 34.4 Å². The van der Waals surface area contributed by atoms with E-state index < -0.39 is 0 Å². The number of fused-ring (bicyclic) bond motifs is 1. The summed E-state index contributed by atoms with van der Waals surface area (Å²) in [5.41, 5.74) is 4.91. The molecule has 5 heteroatoms. The monoisotopic (exact) mass is 361 g/mol. The maximum atomic E-state index is 4.77. The van der Waals surface area contributed by atoms with Crippen molar-refractivity contribution in [2.45, 2.75) is 20.8 Å². The number of aromatic nitrogens is 3. The second kappa shape index (κ2) is 10.1. The number of anilines is 1. The van der Waals surface area contributed by atoms with Crippen molar-refractivity contribution in [1.29, 1.82) is 0 Å². The lowest BCUT2D eigenvalue weighted by Crippen LogP contribution is -2.10. The molecule has 27 heavy (non-hydrogen) atoms. The summed E-state index contributed by atoms with van der Waals surface area (Å²) in [4.78, 5) is 8.85. The average Bonchev–Trinajstić information content (AvgIpc) is 3.09. The molecule has 3 rings (SSSR count). The first-order valence-electron chi connectivity index (χ1n) is 9.11. The summed E-state index contributed by atoms with van der Waals surface area (Å²) in [5.74, 6) is 0.886. The molecule has 0 saturated carbocycles. The molecule has 0 radical (unpaired) electrons. The Labute approximate surface area is 161 Å². The van der Waals surface area contributed by atoms with Gasteiger partial charge in [0.1, 0.15) is 5.82 Å². The zero-order chi connectivity index (χ0) is 19.6. The van der Waals surface area contributed by atoms with Crippen LogP contribution in [0.1, 0.15) is 19.4 Å². The van der Waals surface area contributed by atoms with Gasteiger partial charge in [-0.25, -0.2) is 4.98 Å². The number of aryl methyl sites for hydroxylation is 1. The molecule has 0 amide bonds. The zero-order valence-electron chi connectivity index (χ0n) is 16.5. The van der Waals surface area contributed by atoms with Crippen LogP contribution in [0.5, 0.6) is 0 Å². The number of aliphatic imine (C=N–C) groups is 1. The molecule has 3 aromatic rings. The minimum atomic E-state index is 0.621. The predicted molar refractivity (Wildman–Crippen MR) is 116 cm³/mol. The van der Waals surface area contributed by atoms with Gasteiger partial charge in [0.05, 0.1) is 11.9 Å². The first kappa shape index (κ1) is 20.1. The van der Waals surface area contributed by atoms with E-state index in [9.17, 15) is 0 Å². The van der Waals surface area contributed by atoms with E-state index in [-0.39, 0.29) is 0 Å². The van der Waals surface area contributed by atoms with E-state index >= 15 is 0 Å². The fourth-order valence-electron chi connectivity index (χ4n) is 2.61. The molecule has 5 nitrogen and oxygen atoms in total. The lowest BCUT2D eigenvalue weighted by atomic mass is 10.1. The van der Waals surface area contributed by atoms with Gasteiger partial charge in [-0.05, 0) is 12.5 Å². The molecule has 0 atom stereocenters. The van der Waals surface area contributed by atoms with Crippen molar-refractivity contribution in [3.05, 3.63) is 72.5 Å². The Kier molecular flexibility index (Phi) is 7.49.